The Labute approximate surface area is 119 Å². The maximum Gasteiger partial charge on any atom is 0.271 e. The summed E-state index contributed by atoms with van der Waals surface area (Å²) in [6.07, 6.45) is 5.77. The fourth-order valence-corrected chi connectivity index (χ4v) is 2.07. The number of rotatable bonds is 5. The van der Waals surface area contributed by atoms with Crippen LogP contribution >= 0.6 is 0 Å². The fraction of sp³-hybridized carbons (Fsp3) is 0.643. The molecule has 1 aromatic rings. The topological polar surface area (TPSA) is 76.1 Å². The third kappa shape index (κ3) is 3.90. The van der Waals surface area contributed by atoms with Crippen molar-refractivity contribution in [3.05, 3.63) is 18.1 Å². The van der Waals surface area contributed by atoms with E-state index in [1.54, 1.807) is 6.20 Å². The highest BCUT2D eigenvalue weighted by atomic mass is 16.5. The molecule has 20 heavy (non-hydrogen) atoms. The molecule has 110 valence electrons. The van der Waals surface area contributed by atoms with Crippen molar-refractivity contribution in [1.82, 2.24) is 15.3 Å². The average molecular weight is 278 g/mol. The van der Waals surface area contributed by atoms with Gasteiger partial charge in [0.25, 0.3) is 5.91 Å². The van der Waals surface area contributed by atoms with Crippen LogP contribution in [0, 0.1) is 0 Å². The Morgan fingerprint density at radius 3 is 2.70 bits per heavy atom. The van der Waals surface area contributed by atoms with Gasteiger partial charge in [0.1, 0.15) is 11.5 Å². The fourth-order valence-electron chi connectivity index (χ4n) is 2.07. The van der Waals surface area contributed by atoms with Crippen molar-refractivity contribution in [3.63, 3.8) is 0 Å². The number of aromatic nitrogens is 2. The summed E-state index contributed by atoms with van der Waals surface area (Å²) in [6.45, 7) is 6.33. The minimum absolute atomic E-state index is 0.177. The Balaban J connectivity index is 1.94. The molecule has 6 nitrogen and oxygen atoms in total. The second-order valence-electron chi connectivity index (χ2n) is 5.34. The molecule has 0 radical (unpaired) electrons. The summed E-state index contributed by atoms with van der Waals surface area (Å²) in [6, 6.07) is 0. The molecule has 0 spiro atoms. The lowest BCUT2D eigenvalue weighted by atomic mass is 9.92. The summed E-state index contributed by atoms with van der Waals surface area (Å²) in [5.41, 5.74) is 0.135. The Kier molecular flexibility index (Phi) is 4.89. The Morgan fingerprint density at radius 2 is 2.10 bits per heavy atom. The minimum atomic E-state index is -0.212. The van der Waals surface area contributed by atoms with E-state index in [9.17, 15) is 4.79 Å². The van der Waals surface area contributed by atoms with Crippen LogP contribution in [0.25, 0.3) is 0 Å². The van der Waals surface area contributed by atoms with E-state index in [0.29, 0.717) is 24.7 Å². The van der Waals surface area contributed by atoms with E-state index in [-0.39, 0.29) is 11.4 Å². The number of ether oxygens (including phenoxy) is 1. The molecule has 0 atom stereocenters. The van der Waals surface area contributed by atoms with Gasteiger partial charge in [0, 0.05) is 25.3 Å². The predicted octanol–water partition coefficient (Wildman–Crippen LogP) is 1.60. The van der Waals surface area contributed by atoms with Crippen LogP contribution in [0.3, 0.4) is 0 Å². The second kappa shape index (κ2) is 6.65. The van der Waals surface area contributed by atoms with Crippen LogP contribution in [0.5, 0.6) is 0 Å². The molecule has 0 saturated carbocycles. The summed E-state index contributed by atoms with van der Waals surface area (Å²) in [7, 11) is 0. The van der Waals surface area contributed by atoms with Crippen molar-refractivity contribution < 1.29 is 9.53 Å². The number of nitrogens with one attached hydrogen (secondary N) is 2. The van der Waals surface area contributed by atoms with Crippen LogP contribution < -0.4 is 10.6 Å². The second-order valence-corrected chi connectivity index (χ2v) is 5.34. The zero-order valence-electron chi connectivity index (χ0n) is 12.1. The van der Waals surface area contributed by atoms with Gasteiger partial charge >= 0.3 is 0 Å². The predicted molar refractivity (Wildman–Crippen MR) is 76.7 cm³/mol. The van der Waals surface area contributed by atoms with Crippen LogP contribution in [-0.2, 0) is 4.74 Å². The lowest BCUT2D eigenvalue weighted by molar-refractivity contribution is 0.0421. The van der Waals surface area contributed by atoms with E-state index in [0.717, 1.165) is 25.8 Å². The van der Waals surface area contributed by atoms with Gasteiger partial charge in [-0.1, -0.05) is 6.92 Å². The molecular formula is C14H22N4O2. The summed E-state index contributed by atoms with van der Waals surface area (Å²) >= 11 is 0. The normalized spacial score (nSPS) is 17.5. The number of carbonyl (C=O) groups excluding carboxylic acids is 1. The van der Waals surface area contributed by atoms with Gasteiger partial charge in [-0.2, -0.15) is 0 Å². The average Bonchev–Trinajstić information content (AvgIpc) is 2.46. The highest BCUT2D eigenvalue weighted by Crippen LogP contribution is 2.20. The quantitative estimate of drug-likeness (QED) is 0.855. The molecule has 2 rings (SSSR count). The first-order valence-corrected chi connectivity index (χ1v) is 7.09. The maximum absolute atomic E-state index is 12.2. The van der Waals surface area contributed by atoms with Crippen LogP contribution in [0.4, 0.5) is 5.82 Å². The van der Waals surface area contributed by atoms with Gasteiger partial charge in [0.2, 0.25) is 0 Å². The van der Waals surface area contributed by atoms with Gasteiger partial charge in [-0.3, -0.25) is 4.79 Å². The molecule has 2 heterocycles. The molecule has 1 aromatic heterocycles. The number of nitrogens with zero attached hydrogens (tertiary/aromatic N) is 2. The lowest BCUT2D eigenvalue weighted by Crippen LogP contribution is -2.49. The lowest BCUT2D eigenvalue weighted by Gasteiger charge is -2.34. The molecule has 1 aliphatic rings. The molecule has 1 fully saturated rings. The molecule has 0 unspecified atom stereocenters. The van der Waals surface area contributed by atoms with Crippen LogP contribution in [0.15, 0.2) is 12.4 Å². The third-order valence-electron chi connectivity index (χ3n) is 3.45. The standard InChI is InChI=1S/C14H22N4O2/c1-3-6-15-12-10-16-11(9-17-12)13(19)18-14(2)4-7-20-8-5-14/h9-10H,3-8H2,1-2H3,(H,15,17)(H,18,19). The van der Waals surface area contributed by atoms with Crippen molar-refractivity contribution >= 4 is 11.7 Å². The third-order valence-corrected chi connectivity index (χ3v) is 3.45. The summed E-state index contributed by atoms with van der Waals surface area (Å²) in [4.78, 5) is 20.5. The highest BCUT2D eigenvalue weighted by Gasteiger charge is 2.29. The van der Waals surface area contributed by atoms with Gasteiger partial charge in [0.15, 0.2) is 0 Å². The van der Waals surface area contributed by atoms with Gasteiger partial charge in [-0.15, -0.1) is 0 Å². The van der Waals surface area contributed by atoms with E-state index in [4.69, 9.17) is 4.74 Å². The summed E-state index contributed by atoms with van der Waals surface area (Å²) in [5.74, 6) is 0.518. The zero-order chi connectivity index (χ0) is 14.4. The monoisotopic (exact) mass is 278 g/mol. The van der Waals surface area contributed by atoms with Crippen LogP contribution in [0.2, 0.25) is 0 Å². The van der Waals surface area contributed by atoms with Crippen molar-refractivity contribution in [2.75, 3.05) is 25.1 Å². The molecule has 1 amide bonds. The number of anilines is 1. The van der Waals surface area contributed by atoms with E-state index in [1.165, 1.54) is 6.20 Å². The van der Waals surface area contributed by atoms with Crippen molar-refractivity contribution in [1.29, 1.82) is 0 Å². The molecule has 1 aliphatic heterocycles. The highest BCUT2D eigenvalue weighted by molar-refractivity contribution is 5.92. The Morgan fingerprint density at radius 1 is 1.35 bits per heavy atom. The van der Waals surface area contributed by atoms with E-state index in [1.807, 2.05) is 6.92 Å². The summed E-state index contributed by atoms with van der Waals surface area (Å²) < 4.78 is 5.32. The van der Waals surface area contributed by atoms with E-state index < -0.39 is 0 Å². The SMILES string of the molecule is CCCNc1cnc(C(=O)NC2(C)CCOCC2)cn1. The Hall–Kier alpha value is -1.69. The molecule has 0 aromatic carbocycles. The largest absolute Gasteiger partial charge is 0.381 e. The van der Waals surface area contributed by atoms with E-state index in [2.05, 4.69) is 27.5 Å². The first kappa shape index (κ1) is 14.7. The molecular weight excluding hydrogens is 256 g/mol. The van der Waals surface area contributed by atoms with Gasteiger partial charge < -0.3 is 15.4 Å². The number of hydrogen-bond acceptors (Lipinski definition) is 5. The molecule has 0 aliphatic carbocycles. The van der Waals surface area contributed by atoms with E-state index >= 15 is 0 Å². The molecule has 0 bridgehead atoms. The zero-order valence-corrected chi connectivity index (χ0v) is 12.1. The van der Waals surface area contributed by atoms with Gasteiger partial charge in [-0.25, -0.2) is 9.97 Å². The van der Waals surface area contributed by atoms with Gasteiger partial charge in [-0.05, 0) is 26.2 Å². The van der Waals surface area contributed by atoms with Crippen molar-refractivity contribution in [3.8, 4) is 0 Å². The van der Waals surface area contributed by atoms with Crippen molar-refractivity contribution in [2.45, 2.75) is 38.6 Å². The number of carbonyl (C=O) groups is 1. The Bertz CT molecular complexity index is 441. The van der Waals surface area contributed by atoms with Crippen molar-refractivity contribution in [2.24, 2.45) is 0 Å². The minimum Gasteiger partial charge on any atom is -0.381 e. The molecule has 2 N–H and O–H groups in total. The van der Waals surface area contributed by atoms with Gasteiger partial charge in [0.05, 0.1) is 12.4 Å². The maximum atomic E-state index is 12.2. The summed E-state index contributed by atoms with van der Waals surface area (Å²) in [5, 5.41) is 6.16. The smallest absolute Gasteiger partial charge is 0.271 e. The number of amides is 1. The molecule has 6 heteroatoms. The first-order chi connectivity index (χ1) is 9.63. The number of hydrogen-bond donors (Lipinski definition) is 2. The first-order valence-electron chi connectivity index (χ1n) is 7.09. The molecule has 1 saturated heterocycles. The van der Waals surface area contributed by atoms with Crippen LogP contribution in [0.1, 0.15) is 43.6 Å². The van der Waals surface area contributed by atoms with Crippen LogP contribution in [-0.4, -0.2) is 41.2 Å².